The quantitative estimate of drug-likeness (QED) is 0.381. The first-order chi connectivity index (χ1) is 14.4. The number of methoxy groups -OCH3 is 1. The first kappa shape index (κ1) is 23.0. The molecule has 1 heterocycles. The summed E-state index contributed by atoms with van der Waals surface area (Å²) in [6.07, 6.45) is 0.960. The predicted molar refractivity (Wildman–Crippen MR) is 113 cm³/mol. The first-order valence-electron chi connectivity index (χ1n) is 9.04. The lowest BCUT2D eigenvalue weighted by Gasteiger charge is -2.05. The van der Waals surface area contributed by atoms with Crippen molar-refractivity contribution < 1.29 is 29.0 Å². The number of hydrogen-bond acceptors (Lipinski definition) is 5. The molecular formula is C22H22ClNO6. The zero-order valence-electron chi connectivity index (χ0n) is 16.3. The van der Waals surface area contributed by atoms with Crippen LogP contribution in [0.4, 0.5) is 0 Å². The molecular weight excluding hydrogens is 410 g/mol. The van der Waals surface area contributed by atoms with Crippen LogP contribution in [0.25, 0.3) is 11.3 Å². The minimum atomic E-state index is -1.82. The molecule has 3 rings (SSSR count). The maximum Gasteiger partial charge on any atom is 0.414 e. The smallest absolute Gasteiger partial charge is 0.414 e. The number of hydrogen-bond donors (Lipinski definition) is 3. The number of nitrogens with one attached hydrogen (secondary N) is 1. The standard InChI is InChI=1S/C20H20ClNO2.C2H2O4/c1-23-16-8-6-15(7-9-16)12-13-22-14-17-10-11-20(24-17)18-4-2-3-5-19(18)21;3-1(4)2(5)6/h2-11,22H,12-14H2,1H3;(H,3,4)(H,5,6). The fourth-order valence-corrected chi connectivity index (χ4v) is 2.74. The Labute approximate surface area is 178 Å². The van der Waals surface area contributed by atoms with Crippen molar-refractivity contribution >= 4 is 23.5 Å². The lowest BCUT2D eigenvalue weighted by atomic mass is 10.1. The van der Waals surface area contributed by atoms with Crippen molar-refractivity contribution in [2.45, 2.75) is 13.0 Å². The number of carboxylic acids is 2. The van der Waals surface area contributed by atoms with E-state index in [0.29, 0.717) is 11.6 Å². The average molecular weight is 432 g/mol. The molecule has 0 aliphatic carbocycles. The molecule has 1 aromatic heterocycles. The Morgan fingerprint density at radius 1 is 1.00 bits per heavy atom. The lowest BCUT2D eigenvalue weighted by molar-refractivity contribution is -0.159. The highest BCUT2D eigenvalue weighted by Gasteiger charge is 2.07. The topological polar surface area (TPSA) is 109 Å². The van der Waals surface area contributed by atoms with Gasteiger partial charge in [0.05, 0.1) is 18.7 Å². The highest BCUT2D eigenvalue weighted by Crippen LogP contribution is 2.28. The normalized spacial score (nSPS) is 10.1. The highest BCUT2D eigenvalue weighted by molar-refractivity contribution is 6.33. The summed E-state index contributed by atoms with van der Waals surface area (Å²) in [7, 11) is 1.68. The van der Waals surface area contributed by atoms with Crippen LogP contribution in [0.1, 0.15) is 11.3 Å². The van der Waals surface area contributed by atoms with E-state index in [1.807, 2.05) is 48.5 Å². The third-order valence-corrected chi connectivity index (χ3v) is 4.36. The summed E-state index contributed by atoms with van der Waals surface area (Å²) in [4.78, 5) is 18.2. The van der Waals surface area contributed by atoms with Crippen molar-refractivity contribution in [1.29, 1.82) is 0 Å². The van der Waals surface area contributed by atoms with Gasteiger partial charge in [0.1, 0.15) is 17.3 Å². The minimum Gasteiger partial charge on any atom is -0.497 e. The summed E-state index contributed by atoms with van der Waals surface area (Å²) in [6, 6.07) is 19.8. The van der Waals surface area contributed by atoms with Gasteiger partial charge >= 0.3 is 11.9 Å². The number of benzene rings is 2. The second-order valence-corrected chi connectivity index (χ2v) is 6.54. The summed E-state index contributed by atoms with van der Waals surface area (Å²) in [5.41, 5.74) is 2.20. The van der Waals surface area contributed by atoms with Gasteiger partial charge in [-0.3, -0.25) is 0 Å². The van der Waals surface area contributed by atoms with Crippen LogP contribution in [0.2, 0.25) is 5.02 Å². The van der Waals surface area contributed by atoms with Crippen molar-refractivity contribution in [3.63, 3.8) is 0 Å². The Bertz CT molecular complexity index is 956. The molecule has 0 saturated heterocycles. The third-order valence-electron chi connectivity index (χ3n) is 4.03. The van der Waals surface area contributed by atoms with Gasteiger partial charge in [-0.25, -0.2) is 9.59 Å². The molecule has 3 N–H and O–H groups in total. The van der Waals surface area contributed by atoms with Gasteiger partial charge in [0, 0.05) is 5.56 Å². The Hall–Kier alpha value is -3.29. The lowest BCUT2D eigenvalue weighted by Crippen LogP contribution is -2.16. The van der Waals surface area contributed by atoms with E-state index in [0.717, 1.165) is 35.8 Å². The van der Waals surface area contributed by atoms with Crippen LogP contribution in [-0.2, 0) is 22.6 Å². The van der Waals surface area contributed by atoms with Gasteiger partial charge in [0.15, 0.2) is 0 Å². The second-order valence-electron chi connectivity index (χ2n) is 6.13. The van der Waals surface area contributed by atoms with Crippen LogP contribution in [-0.4, -0.2) is 35.8 Å². The van der Waals surface area contributed by atoms with E-state index in [-0.39, 0.29) is 0 Å². The van der Waals surface area contributed by atoms with Crippen molar-refractivity contribution in [2.24, 2.45) is 0 Å². The number of ether oxygens (including phenoxy) is 1. The number of rotatable bonds is 7. The maximum absolute atomic E-state index is 9.10. The molecule has 8 heteroatoms. The molecule has 158 valence electrons. The van der Waals surface area contributed by atoms with E-state index in [4.69, 9.17) is 40.6 Å². The summed E-state index contributed by atoms with van der Waals surface area (Å²) < 4.78 is 11.0. The van der Waals surface area contributed by atoms with Gasteiger partial charge in [0.25, 0.3) is 0 Å². The van der Waals surface area contributed by atoms with Crippen molar-refractivity contribution in [3.05, 3.63) is 77.0 Å². The van der Waals surface area contributed by atoms with E-state index < -0.39 is 11.9 Å². The first-order valence-corrected chi connectivity index (χ1v) is 9.42. The minimum absolute atomic E-state index is 0.695. The zero-order valence-corrected chi connectivity index (χ0v) is 17.1. The average Bonchev–Trinajstić information content (AvgIpc) is 3.21. The third kappa shape index (κ3) is 7.27. The Kier molecular flexibility index (Phi) is 8.93. The number of halogens is 1. The van der Waals surface area contributed by atoms with Crippen molar-refractivity contribution in [3.8, 4) is 17.1 Å². The van der Waals surface area contributed by atoms with Gasteiger partial charge in [0.2, 0.25) is 0 Å². The SMILES string of the molecule is COc1ccc(CCNCc2ccc(-c3ccccc3Cl)o2)cc1.O=C(O)C(=O)O. The summed E-state index contributed by atoms with van der Waals surface area (Å²) in [6.45, 7) is 1.58. The Balaban J connectivity index is 0.000000469. The van der Waals surface area contributed by atoms with Crippen molar-refractivity contribution in [2.75, 3.05) is 13.7 Å². The van der Waals surface area contributed by atoms with E-state index in [1.54, 1.807) is 7.11 Å². The van der Waals surface area contributed by atoms with E-state index >= 15 is 0 Å². The van der Waals surface area contributed by atoms with Gasteiger partial charge < -0.3 is 24.7 Å². The summed E-state index contributed by atoms with van der Waals surface area (Å²) >= 11 is 6.20. The number of furan rings is 1. The van der Waals surface area contributed by atoms with Crippen LogP contribution >= 0.6 is 11.6 Å². The molecule has 3 aromatic rings. The molecule has 30 heavy (non-hydrogen) atoms. The predicted octanol–water partition coefficient (Wildman–Crippen LogP) is 4.10. The van der Waals surface area contributed by atoms with E-state index in [9.17, 15) is 0 Å². The molecule has 0 spiro atoms. The monoisotopic (exact) mass is 431 g/mol. The Morgan fingerprint density at radius 2 is 1.67 bits per heavy atom. The molecule has 0 fully saturated rings. The number of carbonyl (C=O) groups is 2. The molecule has 0 unspecified atom stereocenters. The fraction of sp³-hybridized carbons (Fsp3) is 0.182. The Morgan fingerprint density at radius 3 is 2.27 bits per heavy atom. The van der Waals surface area contributed by atoms with E-state index in [1.165, 1.54) is 5.56 Å². The molecule has 7 nitrogen and oxygen atoms in total. The van der Waals surface area contributed by atoms with Crippen LogP contribution in [0.5, 0.6) is 5.75 Å². The fourth-order valence-electron chi connectivity index (χ4n) is 2.52. The molecule has 0 radical (unpaired) electrons. The van der Waals surface area contributed by atoms with Crippen LogP contribution in [0.15, 0.2) is 65.1 Å². The summed E-state index contributed by atoms with van der Waals surface area (Å²) in [5, 5.41) is 18.9. The zero-order chi connectivity index (χ0) is 21.9. The molecule has 0 aliphatic heterocycles. The highest BCUT2D eigenvalue weighted by atomic mass is 35.5. The van der Waals surface area contributed by atoms with Crippen LogP contribution < -0.4 is 10.1 Å². The van der Waals surface area contributed by atoms with Crippen LogP contribution in [0, 0.1) is 0 Å². The molecule has 0 saturated carbocycles. The molecule has 2 aromatic carbocycles. The maximum atomic E-state index is 9.10. The molecule has 0 amide bonds. The second kappa shape index (κ2) is 11.6. The van der Waals surface area contributed by atoms with E-state index in [2.05, 4.69) is 17.4 Å². The van der Waals surface area contributed by atoms with Gasteiger partial charge in [-0.2, -0.15) is 0 Å². The largest absolute Gasteiger partial charge is 0.497 e. The molecule has 0 bridgehead atoms. The van der Waals surface area contributed by atoms with Gasteiger partial charge in [-0.1, -0.05) is 35.9 Å². The number of carboxylic acid groups (broad SMARTS) is 2. The van der Waals surface area contributed by atoms with Gasteiger partial charge in [-0.15, -0.1) is 0 Å². The summed E-state index contributed by atoms with van der Waals surface area (Å²) in [5.74, 6) is -1.06. The van der Waals surface area contributed by atoms with Crippen molar-refractivity contribution in [1.82, 2.24) is 5.32 Å². The number of aliphatic carboxylic acids is 2. The van der Waals surface area contributed by atoms with Crippen LogP contribution in [0.3, 0.4) is 0 Å². The molecule has 0 aliphatic rings. The molecule has 0 atom stereocenters. The van der Waals surface area contributed by atoms with Gasteiger partial charge in [-0.05, 0) is 54.9 Å².